The summed E-state index contributed by atoms with van der Waals surface area (Å²) in [5.41, 5.74) is 7.63. The first-order valence-electron chi connectivity index (χ1n) is 6.01. The Balaban J connectivity index is 0.00000162. The minimum atomic E-state index is 0. The zero-order valence-corrected chi connectivity index (χ0v) is 11.7. The molecule has 1 aliphatic rings. The molecule has 3 N–H and O–H groups in total. The van der Waals surface area contributed by atoms with Gasteiger partial charge >= 0.3 is 0 Å². The molecule has 1 fully saturated rings. The number of halogens is 1. The Morgan fingerprint density at radius 3 is 2.89 bits per heavy atom. The number of hydrogen-bond donors (Lipinski definition) is 2. The van der Waals surface area contributed by atoms with Crippen LogP contribution in [0.15, 0.2) is 6.07 Å². The second-order valence-corrected chi connectivity index (χ2v) is 5.30. The fraction of sp³-hybridized carbons (Fsp3) is 0.667. The normalized spacial score (nSPS) is 22.9. The van der Waals surface area contributed by atoms with Gasteiger partial charge in [-0.2, -0.15) is 5.10 Å². The van der Waals surface area contributed by atoms with E-state index in [4.69, 9.17) is 5.73 Å². The van der Waals surface area contributed by atoms with Gasteiger partial charge < -0.3 is 10.6 Å². The van der Waals surface area contributed by atoms with Gasteiger partial charge in [0.1, 0.15) is 0 Å². The molecule has 5 nitrogen and oxygen atoms in total. The van der Waals surface area contributed by atoms with Crippen LogP contribution in [-0.2, 0) is 11.2 Å². The van der Waals surface area contributed by atoms with Crippen LogP contribution in [0.5, 0.6) is 0 Å². The van der Waals surface area contributed by atoms with Gasteiger partial charge in [0.25, 0.3) is 0 Å². The van der Waals surface area contributed by atoms with Crippen molar-refractivity contribution in [1.29, 1.82) is 0 Å². The molecule has 0 saturated carbocycles. The maximum Gasteiger partial charge on any atom is 0.228 e. The van der Waals surface area contributed by atoms with Gasteiger partial charge in [-0.3, -0.25) is 9.89 Å². The molecular weight excluding hydrogens is 252 g/mol. The molecule has 18 heavy (non-hydrogen) atoms. The van der Waals surface area contributed by atoms with E-state index in [-0.39, 0.29) is 23.7 Å². The van der Waals surface area contributed by atoms with Gasteiger partial charge in [-0.05, 0) is 31.4 Å². The Kier molecular flexibility index (Phi) is 4.76. The standard InChI is InChI=1S/C12H20N4O.ClH/c1-9-5-10(15-14-9)6-11(17)16-4-3-12(2,7-13)8-16;/h5H,3-4,6-8,13H2,1-2H3,(H,14,15);1H. The molecule has 1 aromatic rings. The van der Waals surface area contributed by atoms with Crippen molar-refractivity contribution >= 4 is 18.3 Å². The molecule has 1 atom stereocenters. The highest BCUT2D eigenvalue weighted by Crippen LogP contribution is 2.28. The average molecular weight is 273 g/mol. The second kappa shape index (κ2) is 5.71. The summed E-state index contributed by atoms with van der Waals surface area (Å²) in [5.74, 6) is 0.147. The number of aromatic amines is 1. The molecule has 1 unspecified atom stereocenters. The number of carbonyl (C=O) groups is 1. The van der Waals surface area contributed by atoms with Crippen LogP contribution in [0.25, 0.3) is 0 Å². The molecule has 0 radical (unpaired) electrons. The van der Waals surface area contributed by atoms with Gasteiger partial charge in [-0.1, -0.05) is 6.92 Å². The first-order valence-corrected chi connectivity index (χ1v) is 6.01. The van der Waals surface area contributed by atoms with E-state index >= 15 is 0 Å². The minimum absolute atomic E-state index is 0. The molecule has 0 aromatic carbocycles. The first kappa shape index (κ1) is 15.0. The SMILES string of the molecule is Cc1cc(CC(=O)N2CCC(C)(CN)C2)n[nH]1.Cl. The summed E-state index contributed by atoms with van der Waals surface area (Å²) in [6.07, 6.45) is 1.37. The average Bonchev–Trinajstić information content (AvgIpc) is 2.86. The predicted molar refractivity (Wildman–Crippen MR) is 72.6 cm³/mol. The highest BCUT2D eigenvalue weighted by molar-refractivity contribution is 5.85. The topological polar surface area (TPSA) is 75.0 Å². The van der Waals surface area contributed by atoms with E-state index in [1.54, 1.807) is 0 Å². The number of aryl methyl sites for hydroxylation is 1. The molecule has 1 aromatic heterocycles. The third-order valence-electron chi connectivity index (χ3n) is 3.49. The highest BCUT2D eigenvalue weighted by atomic mass is 35.5. The quantitative estimate of drug-likeness (QED) is 0.858. The van der Waals surface area contributed by atoms with Crippen LogP contribution in [0, 0.1) is 12.3 Å². The van der Waals surface area contributed by atoms with Gasteiger partial charge in [-0.15, -0.1) is 12.4 Å². The summed E-state index contributed by atoms with van der Waals surface area (Å²) >= 11 is 0. The molecule has 1 aliphatic heterocycles. The van der Waals surface area contributed by atoms with Crippen LogP contribution < -0.4 is 5.73 Å². The number of nitrogens with two attached hydrogens (primary N) is 1. The van der Waals surface area contributed by atoms with Crippen molar-refractivity contribution in [2.45, 2.75) is 26.7 Å². The number of amides is 1. The van der Waals surface area contributed by atoms with E-state index < -0.39 is 0 Å². The zero-order valence-electron chi connectivity index (χ0n) is 10.9. The van der Waals surface area contributed by atoms with E-state index in [0.717, 1.165) is 30.9 Å². The summed E-state index contributed by atoms with van der Waals surface area (Å²) in [5, 5.41) is 6.94. The van der Waals surface area contributed by atoms with E-state index in [9.17, 15) is 4.79 Å². The highest BCUT2D eigenvalue weighted by Gasteiger charge is 2.34. The van der Waals surface area contributed by atoms with Gasteiger partial charge in [0.2, 0.25) is 5.91 Å². The maximum atomic E-state index is 12.1. The van der Waals surface area contributed by atoms with Crippen LogP contribution in [0.2, 0.25) is 0 Å². The number of hydrogen-bond acceptors (Lipinski definition) is 3. The van der Waals surface area contributed by atoms with Crippen molar-refractivity contribution < 1.29 is 4.79 Å². The van der Waals surface area contributed by atoms with Crippen LogP contribution in [-0.4, -0.2) is 40.6 Å². The zero-order chi connectivity index (χ0) is 12.5. The lowest BCUT2D eigenvalue weighted by Gasteiger charge is -2.22. The summed E-state index contributed by atoms with van der Waals surface area (Å²) in [6.45, 7) is 6.29. The van der Waals surface area contributed by atoms with Crippen LogP contribution in [0.4, 0.5) is 0 Å². The molecule has 6 heteroatoms. The predicted octanol–water partition coefficient (Wildman–Crippen LogP) is 0.880. The van der Waals surface area contributed by atoms with Crippen molar-refractivity contribution in [1.82, 2.24) is 15.1 Å². The molecule has 2 heterocycles. The lowest BCUT2D eigenvalue weighted by molar-refractivity contribution is -0.129. The Bertz CT molecular complexity index is 420. The molecule has 0 aliphatic carbocycles. The molecule has 1 saturated heterocycles. The number of H-pyrrole nitrogens is 1. The number of rotatable bonds is 3. The minimum Gasteiger partial charge on any atom is -0.342 e. The Labute approximate surface area is 114 Å². The number of likely N-dealkylation sites (tertiary alicyclic amines) is 1. The van der Waals surface area contributed by atoms with Crippen LogP contribution in [0.3, 0.4) is 0 Å². The molecule has 0 bridgehead atoms. The Morgan fingerprint density at radius 1 is 1.67 bits per heavy atom. The monoisotopic (exact) mass is 272 g/mol. The van der Waals surface area contributed by atoms with E-state index in [2.05, 4.69) is 17.1 Å². The van der Waals surface area contributed by atoms with Crippen molar-refractivity contribution in [3.8, 4) is 0 Å². The summed E-state index contributed by atoms with van der Waals surface area (Å²) in [6, 6.07) is 1.91. The summed E-state index contributed by atoms with van der Waals surface area (Å²) in [7, 11) is 0. The van der Waals surface area contributed by atoms with E-state index in [1.807, 2.05) is 17.9 Å². The summed E-state index contributed by atoms with van der Waals surface area (Å²) < 4.78 is 0. The number of nitrogens with zero attached hydrogens (tertiary/aromatic N) is 2. The maximum absolute atomic E-state index is 12.1. The molecule has 2 rings (SSSR count). The molecule has 0 spiro atoms. The number of nitrogens with one attached hydrogen (secondary N) is 1. The van der Waals surface area contributed by atoms with E-state index in [1.165, 1.54) is 0 Å². The van der Waals surface area contributed by atoms with E-state index in [0.29, 0.717) is 13.0 Å². The fourth-order valence-corrected chi connectivity index (χ4v) is 2.24. The van der Waals surface area contributed by atoms with Gasteiger partial charge in [0, 0.05) is 18.8 Å². The van der Waals surface area contributed by atoms with Crippen molar-refractivity contribution in [3.05, 3.63) is 17.5 Å². The van der Waals surface area contributed by atoms with Crippen LogP contribution >= 0.6 is 12.4 Å². The van der Waals surface area contributed by atoms with Crippen molar-refractivity contribution in [2.24, 2.45) is 11.1 Å². The Hall–Kier alpha value is -1.07. The first-order chi connectivity index (χ1) is 8.02. The van der Waals surface area contributed by atoms with Crippen molar-refractivity contribution in [3.63, 3.8) is 0 Å². The third-order valence-corrected chi connectivity index (χ3v) is 3.49. The Morgan fingerprint density at radius 2 is 2.39 bits per heavy atom. The molecule has 1 amide bonds. The van der Waals surface area contributed by atoms with Crippen molar-refractivity contribution in [2.75, 3.05) is 19.6 Å². The lowest BCUT2D eigenvalue weighted by atomic mass is 9.90. The van der Waals surface area contributed by atoms with Crippen LogP contribution in [0.1, 0.15) is 24.7 Å². The molecule has 102 valence electrons. The largest absolute Gasteiger partial charge is 0.342 e. The number of carbonyl (C=O) groups excluding carboxylic acids is 1. The van der Waals surface area contributed by atoms with Gasteiger partial charge in [0.15, 0.2) is 0 Å². The third kappa shape index (κ3) is 3.23. The fourth-order valence-electron chi connectivity index (χ4n) is 2.24. The summed E-state index contributed by atoms with van der Waals surface area (Å²) in [4.78, 5) is 14.0. The van der Waals surface area contributed by atoms with Gasteiger partial charge in [-0.25, -0.2) is 0 Å². The number of aromatic nitrogens is 2. The lowest BCUT2D eigenvalue weighted by Crippen LogP contribution is -2.35. The smallest absolute Gasteiger partial charge is 0.228 e. The van der Waals surface area contributed by atoms with Gasteiger partial charge in [0.05, 0.1) is 12.1 Å². The second-order valence-electron chi connectivity index (χ2n) is 5.30. The molecular formula is C12H21ClN4O.